The van der Waals surface area contributed by atoms with Gasteiger partial charge in [0.1, 0.15) is 0 Å². The molecule has 0 spiro atoms. The summed E-state index contributed by atoms with van der Waals surface area (Å²) in [6.07, 6.45) is 5.39. The van der Waals surface area contributed by atoms with E-state index in [1.54, 1.807) is 12.1 Å². The summed E-state index contributed by atoms with van der Waals surface area (Å²) in [7, 11) is 0. The van der Waals surface area contributed by atoms with E-state index in [1.807, 2.05) is 19.9 Å². The molecule has 1 aliphatic rings. The molecule has 1 saturated carbocycles. The number of carbonyl (C=O) groups is 1. The zero-order chi connectivity index (χ0) is 13.9. The molecule has 0 aromatic heterocycles. The predicted molar refractivity (Wildman–Crippen MR) is 75.7 cm³/mol. The first-order valence-electron chi connectivity index (χ1n) is 6.87. The summed E-state index contributed by atoms with van der Waals surface area (Å²) in [6, 6.07) is 7.50. The van der Waals surface area contributed by atoms with Crippen LogP contribution < -0.4 is 5.32 Å². The van der Waals surface area contributed by atoms with Crippen molar-refractivity contribution in [1.82, 2.24) is 0 Å². The molecule has 19 heavy (non-hydrogen) atoms. The van der Waals surface area contributed by atoms with Crippen molar-refractivity contribution in [2.24, 2.45) is 5.41 Å². The van der Waals surface area contributed by atoms with Crippen molar-refractivity contribution >= 4 is 11.6 Å². The number of nitriles is 1. The molecular formula is C16H20N2O. The average Bonchev–Trinajstić information content (AvgIpc) is 2.42. The van der Waals surface area contributed by atoms with Crippen molar-refractivity contribution in [1.29, 1.82) is 5.26 Å². The molecule has 0 aliphatic heterocycles. The van der Waals surface area contributed by atoms with E-state index in [4.69, 9.17) is 5.26 Å². The summed E-state index contributed by atoms with van der Waals surface area (Å²) in [6.45, 7) is 3.99. The van der Waals surface area contributed by atoms with Crippen LogP contribution in [0.15, 0.2) is 18.2 Å². The Morgan fingerprint density at radius 3 is 2.63 bits per heavy atom. The zero-order valence-corrected chi connectivity index (χ0v) is 11.6. The topological polar surface area (TPSA) is 52.9 Å². The van der Waals surface area contributed by atoms with Gasteiger partial charge in [0.05, 0.1) is 11.6 Å². The van der Waals surface area contributed by atoms with Crippen LogP contribution in [0, 0.1) is 23.7 Å². The van der Waals surface area contributed by atoms with Gasteiger partial charge in [0, 0.05) is 11.1 Å². The highest BCUT2D eigenvalue weighted by molar-refractivity contribution is 5.95. The van der Waals surface area contributed by atoms with Crippen LogP contribution in [0.25, 0.3) is 0 Å². The first kappa shape index (κ1) is 13.6. The lowest BCUT2D eigenvalue weighted by Gasteiger charge is -2.32. The molecule has 1 aromatic carbocycles. The highest BCUT2D eigenvalue weighted by Gasteiger charge is 2.34. The number of carbonyl (C=O) groups excluding carboxylic acids is 1. The lowest BCUT2D eigenvalue weighted by atomic mass is 9.75. The summed E-state index contributed by atoms with van der Waals surface area (Å²) in [4.78, 5) is 12.4. The number of nitrogens with one attached hydrogen (secondary N) is 1. The van der Waals surface area contributed by atoms with Gasteiger partial charge < -0.3 is 5.32 Å². The van der Waals surface area contributed by atoms with Crippen molar-refractivity contribution in [3.8, 4) is 6.07 Å². The summed E-state index contributed by atoms with van der Waals surface area (Å²) in [5.74, 6) is 0.0883. The van der Waals surface area contributed by atoms with Crippen LogP contribution in [0.3, 0.4) is 0 Å². The van der Waals surface area contributed by atoms with Crippen molar-refractivity contribution in [2.45, 2.75) is 46.0 Å². The fourth-order valence-corrected chi connectivity index (χ4v) is 2.66. The predicted octanol–water partition coefficient (Wildman–Crippen LogP) is 3.78. The first-order valence-corrected chi connectivity index (χ1v) is 6.87. The third-order valence-corrected chi connectivity index (χ3v) is 4.12. The van der Waals surface area contributed by atoms with E-state index in [9.17, 15) is 4.79 Å². The molecule has 0 bridgehead atoms. The highest BCUT2D eigenvalue weighted by Crippen LogP contribution is 2.37. The van der Waals surface area contributed by atoms with Gasteiger partial charge in [0.2, 0.25) is 5.91 Å². The molecule has 0 unspecified atom stereocenters. The minimum Gasteiger partial charge on any atom is -0.325 e. The van der Waals surface area contributed by atoms with Gasteiger partial charge in [-0.05, 0) is 37.5 Å². The van der Waals surface area contributed by atoms with Crippen molar-refractivity contribution < 1.29 is 4.79 Å². The largest absolute Gasteiger partial charge is 0.325 e. The van der Waals surface area contributed by atoms with E-state index in [0.717, 1.165) is 36.9 Å². The number of anilines is 1. The number of amides is 1. The number of hydrogen-bond donors (Lipinski definition) is 1. The lowest BCUT2D eigenvalue weighted by Crippen LogP contribution is -2.35. The quantitative estimate of drug-likeness (QED) is 0.875. The van der Waals surface area contributed by atoms with Gasteiger partial charge >= 0.3 is 0 Å². The SMILES string of the molecule is Cc1ccc(C#N)cc1NC(=O)C1(C)CCCCC1. The summed E-state index contributed by atoms with van der Waals surface area (Å²) >= 11 is 0. The Morgan fingerprint density at radius 2 is 2.00 bits per heavy atom. The Kier molecular flexibility index (Phi) is 3.90. The zero-order valence-electron chi connectivity index (χ0n) is 11.6. The first-order chi connectivity index (χ1) is 9.05. The molecule has 1 aromatic rings. The van der Waals surface area contributed by atoms with Gasteiger partial charge in [-0.15, -0.1) is 0 Å². The molecule has 3 heteroatoms. The van der Waals surface area contributed by atoms with Crippen LogP contribution in [0.5, 0.6) is 0 Å². The lowest BCUT2D eigenvalue weighted by molar-refractivity contribution is -0.126. The van der Waals surface area contributed by atoms with Crippen LogP contribution in [0.2, 0.25) is 0 Å². The second-order valence-corrected chi connectivity index (χ2v) is 5.72. The third kappa shape index (κ3) is 2.96. The maximum Gasteiger partial charge on any atom is 0.230 e. The highest BCUT2D eigenvalue weighted by atomic mass is 16.2. The molecular weight excluding hydrogens is 236 g/mol. The van der Waals surface area contributed by atoms with E-state index in [2.05, 4.69) is 11.4 Å². The second kappa shape index (κ2) is 5.44. The number of benzene rings is 1. The van der Waals surface area contributed by atoms with Crippen molar-refractivity contribution in [2.75, 3.05) is 5.32 Å². The van der Waals surface area contributed by atoms with Crippen LogP contribution in [-0.2, 0) is 4.79 Å². The van der Waals surface area contributed by atoms with Gasteiger partial charge in [0.25, 0.3) is 0 Å². The molecule has 3 nitrogen and oxygen atoms in total. The molecule has 1 N–H and O–H groups in total. The maximum atomic E-state index is 12.4. The monoisotopic (exact) mass is 256 g/mol. The van der Waals surface area contributed by atoms with Gasteiger partial charge in [-0.3, -0.25) is 4.79 Å². The molecule has 0 radical (unpaired) electrons. The molecule has 0 atom stereocenters. The second-order valence-electron chi connectivity index (χ2n) is 5.72. The molecule has 1 aliphatic carbocycles. The van der Waals surface area contributed by atoms with E-state index in [-0.39, 0.29) is 11.3 Å². The minimum atomic E-state index is -0.257. The van der Waals surface area contributed by atoms with Gasteiger partial charge in [0.15, 0.2) is 0 Å². The summed E-state index contributed by atoms with van der Waals surface area (Å²) < 4.78 is 0. The standard InChI is InChI=1S/C16H20N2O/c1-12-6-7-13(11-17)10-14(12)18-15(19)16(2)8-4-3-5-9-16/h6-7,10H,3-5,8-9H2,1-2H3,(H,18,19). The smallest absolute Gasteiger partial charge is 0.230 e. The van der Waals surface area contributed by atoms with E-state index >= 15 is 0 Å². The van der Waals surface area contributed by atoms with E-state index in [1.165, 1.54) is 6.42 Å². The van der Waals surface area contributed by atoms with Crippen molar-refractivity contribution in [3.63, 3.8) is 0 Å². The molecule has 1 fully saturated rings. The van der Waals surface area contributed by atoms with Crippen LogP contribution in [0.1, 0.15) is 50.2 Å². The normalized spacial score (nSPS) is 17.5. The Hall–Kier alpha value is -1.82. The van der Waals surface area contributed by atoms with Crippen molar-refractivity contribution in [3.05, 3.63) is 29.3 Å². The fraction of sp³-hybridized carbons (Fsp3) is 0.500. The number of aryl methyl sites for hydroxylation is 1. The summed E-state index contributed by atoms with van der Waals surface area (Å²) in [5.41, 5.74) is 2.07. The molecule has 2 rings (SSSR count). The van der Waals surface area contributed by atoms with E-state index < -0.39 is 0 Å². The number of hydrogen-bond acceptors (Lipinski definition) is 2. The molecule has 0 saturated heterocycles. The Labute approximate surface area is 114 Å². The van der Waals surface area contributed by atoms with Gasteiger partial charge in [-0.25, -0.2) is 0 Å². The van der Waals surface area contributed by atoms with Gasteiger partial charge in [-0.1, -0.05) is 32.3 Å². The Bertz CT molecular complexity index is 522. The maximum absolute atomic E-state index is 12.4. The Balaban J connectivity index is 2.16. The molecule has 100 valence electrons. The molecule has 1 amide bonds. The van der Waals surface area contributed by atoms with E-state index in [0.29, 0.717) is 5.56 Å². The van der Waals surface area contributed by atoms with Crippen LogP contribution in [0.4, 0.5) is 5.69 Å². The van der Waals surface area contributed by atoms with Crippen LogP contribution in [-0.4, -0.2) is 5.91 Å². The summed E-state index contributed by atoms with van der Waals surface area (Å²) in [5, 5.41) is 11.9. The fourth-order valence-electron chi connectivity index (χ4n) is 2.66. The molecule has 0 heterocycles. The average molecular weight is 256 g/mol. The Morgan fingerprint density at radius 1 is 1.32 bits per heavy atom. The van der Waals surface area contributed by atoms with Crippen LogP contribution >= 0.6 is 0 Å². The minimum absolute atomic E-state index is 0.0883. The third-order valence-electron chi connectivity index (χ3n) is 4.12. The van der Waals surface area contributed by atoms with Gasteiger partial charge in [-0.2, -0.15) is 5.26 Å². The number of rotatable bonds is 2. The number of nitrogens with zero attached hydrogens (tertiary/aromatic N) is 1.